The van der Waals surface area contributed by atoms with Crippen molar-refractivity contribution in [2.24, 2.45) is 0 Å². The van der Waals surface area contributed by atoms with Crippen LogP contribution in [0, 0.1) is 0 Å². The number of hydrogen-bond acceptors (Lipinski definition) is 8. The van der Waals surface area contributed by atoms with Crippen LogP contribution < -0.4 is 15.4 Å². The molecular weight excluding hydrogens is 627 g/mol. The standard InChI is InChI=1S/C37H37N5O5S/c1-23(36(45)46)41-34(43)29(42-35(44)30-15-16-31(48-30)37(2,3)4)18-24-10-12-26(13-11-24)33-39-20-28(21-40-33)27-14-17-32(38-19-27)47-22-25-8-6-5-7-9-25/h5-17,19-21,23,29H,18,22H2,1-4H3,(H,41,43)(H,42,44)(H,45,46). The number of carboxylic acid groups (broad SMARTS) is 1. The second-order valence-corrected chi connectivity index (χ2v) is 13.4. The van der Waals surface area contributed by atoms with Crippen molar-refractivity contribution in [2.45, 2.75) is 58.2 Å². The van der Waals surface area contributed by atoms with Gasteiger partial charge in [0, 0.05) is 52.6 Å². The molecule has 48 heavy (non-hydrogen) atoms. The van der Waals surface area contributed by atoms with Crippen LogP contribution in [0.1, 0.15) is 53.4 Å². The van der Waals surface area contributed by atoms with Gasteiger partial charge >= 0.3 is 5.97 Å². The summed E-state index contributed by atoms with van der Waals surface area (Å²) in [4.78, 5) is 52.7. The zero-order valence-electron chi connectivity index (χ0n) is 27.1. The third-order valence-corrected chi connectivity index (χ3v) is 9.03. The zero-order chi connectivity index (χ0) is 34.3. The van der Waals surface area contributed by atoms with Gasteiger partial charge in [0.25, 0.3) is 5.91 Å². The van der Waals surface area contributed by atoms with Crippen molar-refractivity contribution in [1.82, 2.24) is 25.6 Å². The summed E-state index contributed by atoms with van der Waals surface area (Å²) >= 11 is 1.37. The second kappa shape index (κ2) is 15.0. The van der Waals surface area contributed by atoms with E-state index >= 15 is 0 Å². The summed E-state index contributed by atoms with van der Waals surface area (Å²) in [5.74, 6) is -1.10. The normalized spacial score (nSPS) is 12.5. The lowest BCUT2D eigenvalue weighted by Crippen LogP contribution is -2.51. The monoisotopic (exact) mass is 663 g/mol. The molecule has 2 unspecified atom stereocenters. The van der Waals surface area contributed by atoms with Crippen molar-refractivity contribution in [2.75, 3.05) is 0 Å². The maximum Gasteiger partial charge on any atom is 0.325 e. The number of thiophene rings is 1. The highest BCUT2D eigenvalue weighted by molar-refractivity contribution is 7.14. The predicted molar refractivity (Wildman–Crippen MR) is 185 cm³/mol. The Balaban J connectivity index is 1.24. The number of aromatic nitrogens is 3. The Kier molecular flexibility index (Phi) is 10.6. The number of amides is 2. The molecule has 0 aliphatic rings. The van der Waals surface area contributed by atoms with Gasteiger partial charge in [0.05, 0.1) is 4.88 Å². The Morgan fingerprint density at radius 2 is 1.46 bits per heavy atom. The Bertz CT molecular complexity index is 1850. The Hall–Kier alpha value is -5.42. The molecule has 2 amide bonds. The van der Waals surface area contributed by atoms with E-state index in [0.29, 0.717) is 23.2 Å². The van der Waals surface area contributed by atoms with Crippen molar-refractivity contribution in [3.8, 4) is 28.4 Å². The third kappa shape index (κ3) is 8.89. The molecule has 3 aromatic heterocycles. The molecule has 11 heteroatoms. The quantitative estimate of drug-likeness (QED) is 0.146. The van der Waals surface area contributed by atoms with Gasteiger partial charge in [-0.3, -0.25) is 14.4 Å². The number of carboxylic acids is 1. The zero-order valence-corrected chi connectivity index (χ0v) is 28.0. The molecule has 3 N–H and O–H groups in total. The van der Waals surface area contributed by atoms with Gasteiger partial charge in [-0.1, -0.05) is 75.4 Å². The van der Waals surface area contributed by atoms with Gasteiger partial charge in [-0.05, 0) is 41.7 Å². The molecule has 0 aliphatic heterocycles. The minimum atomic E-state index is -1.17. The Morgan fingerprint density at radius 1 is 0.792 bits per heavy atom. The Morgan fingerprint density at radius 3 is 2.06 bits per heavy atom. The highest BCUT2D eigenvalue weighted by atomic mass is 32.1. The summed E-state index contributed by atoms with van der Waals surface area (Å²) in [6, 6.07) is 22.5. The molecule has 0 saturated heterocycles. The number of hydrogen-bond donors (Lipinski definition) is 3. The van der Waals surface area contributed by atoms with Gasteiger partial charge in [-0.25, -0.2) is 15.0 Å². The van der Waals surface area contributed by atoms with Crippen molar-refractivity contribution >= 4 is 29.1 Å². The summed E-state index contributed by atoms with van der Waals surface area (Å²) in [5.41, 5.74) is 4.13. The van der Waals surface area contributed by atoms with E-state index < -0.39 is 29.9 Å². The molecular formula is C37H37N5O5S. The number of carbonyl (C=O) groups is 3. The molecule has 5 rings (SSSR count). The van der Waals surface area contributed by atoms with Crippen molar-refractivity contribution in [1.29, 1.82) is 0 Å². The SMILES string of the molecule is CC(NC(=O)C(Cc1ccc(-c2ncc(-c3ccc(OCc4ccccc4)nc3)cn2)cc1)NC(=O)c1ccc(C(C)(C)C)s1)C(=O)O. The molecule has 2 aromatic carbocycles. The number of carbonyl (C=O) groups excluding carboxylic acids is 2. The van der Waals surface area contributed by atoms with Gasteiger partial charge in [0.1, 0.15) is 18.7 Å². The molecule has 246 valence electrons. The van der Waals surface area contributed by atoms with Crippen LogP contribution in [-0.4, -0.2) is 49.9 Å². The molecule has 10 nitrogen and oxygen atoms in total. The van der Waals surface area contributed by atoms with Crippen molar-refractivity contribution in [3.63, 3.8) is 0 Å². The number of benzene rings is 2. The number of aliphatic carboxylic acids is 1. The first-order valence-electron chi connectivity index (χ1n) is 15.4. The fourth-order valence-corrected chi connectivity index (χ4v) is 5.66. The predicted octanol–water partition coefficient (Wildman–Crippen LogP) is 6.07. The van der Waals surface area contributed by atoms with Gasteiger partial charge in [0.2, 0.25) is 11.8 Å². The van der Waals surface area contributed by atoms with Crippen LogP contribution in [0.3, 0.4) is 0 Å². The van der Waals surface area contributed by atoms with E-state index in [4.69, 9.17) is 4.74 Å². The van der Waals surface area contributed by atoms with Gasteiger partial charge < -0.3 is 20.5 Å². The summed E-state index contributed by atoms with van der Waals surface area (Å²) < 4.78 is 5.78. The van der Waals surface area contributed by atoms with E-state index in [1.165, 1.54) is 18.3 Å². The first-order chi connectivity index (χ1) is 23.0. The molecule has 0 radical (unpaired) electrons. The van der Waals surface area contributed by atoms with Gasteiger partial charge in [0.15, 0.2) is 5.82 Å². The minimum Gasteiger partial charge on any atom is -0.480 e. The molecule has 0 saturated carbocycles. The average molecular weight is 664 g/mol. The van der Waals surface area contributed by atoms with E-state index in [-0.39, 0.29) is 11.8 Å². The molecule has 0 fully saturated rings. The molecule has 0 aliphatic carbocycles. The van der Waals surface area contributed by atoms with E-state index in [1.807, 2.05) is 72.8 Å². The van der Waals surface area contributed by atoms with Crippen LogP contribution in [0.15, 0.2) is 97.5 Å². The third-order valence-electron chi connectivity index (χ3n) is 7.52. The van der Waals surface area contributed by atoms with E-state index in [1.54, 1.807) is 24.7 Å². The molecule has 0 bridgehead atoms. The fraction of sp³-hybridized carbons (Fsp3) is 0.243. The smallest absolute Gasteiger partial charge is 0.325 e. The number of rotatable bonds is 12. The fourth-order valence-electron chi connectivity index (χ4n) is 4.70. The van der Waals surface area contributed by atoms with E-state index in [0.717, 1.165) is 32.7 Å². The molecule has 2 atom stereocenters. The van der Waals surface area contributed by atoms with E-state index in [9.17, 15) is 19.5 Å². The van der Waals surface area contributed by atoms with Crippen LogP contribution in [0.2, 0.25) is 0 Å². The van der Waals surface area contributed by atoms with E-state index in [2.05, 4.69) is 46.4 Å². The summed E-state index contributed by atoms with van der Waals surface area (Å²) in [7, 11) is 0. The van der Waals surface area contributed by atoms with Gasteiger partial charge in [-0.2, -0.15) is 0 Å². The Labute approximate surface area is 283 Å². The van der Waals surface area contributed by atoms with Crippen LogP contribution in [0.4, 0.5) is 0 Å². The highest BCUT2D eigenvalue weighted by Crippen LogP contribution is 2.29. The number of ether oxygens (including phenoxy) is 1. The van der Waals surface area contributed by atoms with Crippen LogP contribution >= 0.6 is 11.3 Å². The number of nitrogens with zero attached hydrogens (tertiary/aromatic N) is 3. The maximum absolute atomic E-state index is 13.2. The maximum atomic E-state index is 13.2. The topological polar surface area (TPSA) is 143 Å². The highest BCUT2D eigenvalue weighted by Gasteiger charge is 2.26. The molecule has 5 aromatic rings. The summed E-state index contributed by atoms with van der Waals surface area (Å²) in [6.45, 7) is 8.00. The van der Waals surface area contributed by atoms with Crippen LogP contribution in [0.5, 0.6) is 5.88 Å². The largest absolute Gasteiger partial charge is 0.480 e. The summed E-state index contributed by atoms with van der Waals surface area (Å²) in [6.07, 6.45) is 5.33. The summed E-state index contributed by atoms with van der Waals surface area (Å²) in [5, 5.41) is 14.6. The lowest BCUT2D eigenvalue weighted by molar-refractivity contribution is -0.141. The number of pyridine rings is 1. The average Bonchev–Trinajstić information content (AvgIpc) is 3.60. The molecule has 3 heterocycles. The lowest BCUT2D eigenvalue weighted by Gasteiger charge is -2.20. The number of nitrogens with one attached hydrogen (secondary N) is 2. The minimum absolute atomic E-state index is 0.121. The lowest BCUT2D eigenvalue weighted by atomic mass is 9.95. The van der Waals surface area contributed by atoms with Crippen molar-refractivity contribution < 1.29 is 24.2 Å². The molecule has 0 spiro atoms. The van der Waals surface area contributed by atoms with Gasteiger partial charge in [-0.15, -0.1) is 11.3 Å². The van der Waals surface area contributed by atoms with Crippen LogP contribution in [0.25, 0.3) is 22.5 Å². The van der Waals surface area contributed by atoms with Crippen LogP contribution in [-0.2, 0) is 28.0 Å². The first kappa shape index (κ1) is 33.9. The van der Waals surface area contributed by atoms with Crippen molar-refractivity contribution in [3.05, 3.63) is 118 Å². The first-order valence-corrected chi connectivity index (χ1v) is 16.3. The second-order valence-electron chi connectivity index (χ2n) is 12.4.